The normalized spacial score (nSPS) is 11.9. The van der Waals surface area contributed by atoms with Crippen LogP contribution in [0.3, 0.4) is 0 Å². The van der Waals surface area contributed by atoms with Crippen molar-refractivity contribution in [1.29, 1.82) is 0 Å². The Morgan fingerprint density at radius 3 is 2.71 bits per heavy atom. The third-order valence-electron chi connectivity index (χ3n) is 1.77. The highest BCUT2D eigenvalue weighted by molar-refractivity contribution is 7.99. The van der Waals surface area contributed by atoms with Crippen molar-refractivity contribution in [2.45, 2.75) is 11.1 Å². The number of hydrogen-bond acceptors (Lipinski definition) is 2. The molecule has 0 heterocycles. The summed E-state index contributed by atoms with van der Waals surface area (Å²) in [4.78, 5) is 10.6. The summed E-state index contributed by atoms with van der Waals surface area (Å²) in [6, 6.07) is 4.91. The van der Waals surface area contributed by atoms with Crippen LogP contribution in [0.5, 0.6) is 0 Å². The molecule has 1 N–H and O–H groups in total. The second-order valence-corrected chi connectivity index (χ2v) is 4.17. The molecule has 1 aromatic rings. The molecule has 0 amide bonds. The molecule has 1 rings (SSSR count). The van der Waals surface area contributed by atoms with E-state index >= 15 is 0 Å². The van der Waals surface area contributed by atoms with Crippen molar-refractivity contribution >= 4 is 17.7 Å². The van der Waals surface area contributed by atoms with Gasteiger partial charge in [0.25, 0.3) is 0 Å². The number of carboxylic acid groups (broad SMARTS) is 1. The fourth-order valence-corrected chi connectivity index (χ4v) is 1.83. The van der Waals surface area contributed by atoms with Crippen LogP contribution in [0, 0.1) is 0 Å². The molecule has 0 aliphatic heterocycles. The third kappa shape index (κ3) is 4.95. The lowest BCUT2D eigenvalue weighted by Gasteiger charge is -2.07. The minimum atomic E-state index is -4.35. The van der Waals surface area contributed by atoms with Crippen LogP contribution in [0.2, 0.25) is 0 Å². The molecule has 0 atom stereocenters. The molecule has 2 nitrogen and oxygen atoms in total. The van der Waals surface area contributed by atoms with E-state index < -0.39 is 17.7 Å². The molecule has 0 unspecified atom stereocenters. The zero-order chi connectivity index (χ0) is 12.9. The van der Waals surface area contributed by atoms with E-state index in [-0.39, 0.29) is 0 Å². The summed E-state index contributed by atoms with van der Waals surface area (Å²) < 4.78 is 37.1. The molecular weight excluding hydrogens is 253 g/mol. The van der Waals surface area contributed by atoms with Crippen LogP contribution < -0.4 is 0 Å². The first-order valence-electron chi connectivity index (χ1n) is 4.59. The van der Waals surface area contributed by atoms with Crippen LogP contribution >= 0.6 is 11.8 Å². The maximum Gasteiger partial charge on any atom is 0.416 e. The molecule has 0 fully saturated rings. The number of benzene rings is 1. The minimum Gasteiger partial charge on any atom is -0.478 e. The summed E-state index contributed by atoms with van der Waals surface area (Å²) in [5.74, 6) is -0.761. The molecule has 0 radical (unpaired) electrons. The average Bonchev–Trinajstić information content (AvgIpc) is 2.23. The van der Waals surface area contributed by atoms with E-state index in [2.05, 4.69) is 0 Å². The highest BCUT2D eigenvalue weighted by Crippen LogP contribution is 2.31. The Morgan fingerprint density at radius 2 is 2.12 bits per heavy atom. The predicted octanol–water partition coefficient (Wildman–Crippen LogP) is 3.44. The summed E-state index contributed by atoms with van der Waals surface area (Å²) in [5.41, 5.74) is -0.704. The number of thioether (sulfide) groups is 1. The van der Waals surface area contributed by atoms with Crippen molar-refractivity contribution in [1.82, 2.24) is 0 Å². The third-order valence-corrected chi connectivity index (χ3v) is 2.71. The first-order chi connectivity index (χ1) is 7.89. The first kappa shape index (κ1) is 13.6. The van der Waals surface area contributed by atoms with Gasteiger partial charge in [0.1, 0.15) is 0 Å². The van der Waals surface area contributed by atoms with Crippen LogP contribution in [0.4, 0.5) is 13.2 Å². The van der Waals surface area contributed by atoms with Gasteiger partial charge in [-0.3, -0.25) is 0 Å². The number of carbonyl (C=O) groups is 1. The zero-order valence-corrected chi connectivity index (χ0v) is 9.39. The van der Waals surface area contributed by atoms with Crippen molar-refractivity contribution in [3.05, 3.63) is 42.0 Å². The second-order valence-electron chi connectivity index (χ2n) is 3.08. The Balaban J connectivity index is 2.64. The molecule has 0 bridgehead atoms. The Labute approximate surface area is 100 Å². The van der Waals surface area contributed by atoms with Gasteiger partial charge in [-0.2, -0.15) is 13.2 Å². The van der Waals surface area contributed by atoms with Crippen LogP contribution in [0.1, 0.15) is 5.56 Å². The molecular formula is C11H9F3O2S. The van der Waals surface area contributed by atoms with Crippen molar-refractivity contribution in [2.75, 3.05) is 5.75 Å². The van der Waals surface area contributed by atoms with Crippen molar-refractivity contribution < 1.29 is 23.1 Å². The molecule has 6 heteroatoms. The smallest absolute Gasteiger partial charge is 0.416 e. The van der Waals surface area contributed by atoms with Crippen LogP contribution in [0.15, 0.2) is 41.3 Å². The number of rotatable bonds is 4. The Bertz CT molecular complexity index is 427. The standard InChI is InChI=1S/C11H9F3O2S/c12-11(13,14)8-3-1-4-9(7-8)17-6-2-5-10(15)16/h1-5,7H,6H2,(H,15,16). The number of aliphatic carboxylic acids is 1. The quantitative estimate of drug-likeness (QED) is 0.667. The summed E-state index contributed by atoms with van der Waals surface area (Å²) in [7, 11) is 0. The maximum atomic E-state index is 12.4. The molecule has 0 saturated heterocycles. The van der Waals surface area contributed by atoms with Crippen LogP contribution in [0.25, 0.3) is 0 Å². The second kappa shape index (κ2) is 5.77. The molecule has 1 aromatic carbocycles. The van der Waals surface area contributed by atoms with Gasteiger partial charge in [-0.1, -0.05) is 12.1 Å². The fraction of sp³-hybridized carbons (Fsp3) is 0.182. The summed E-state index contributed by atoms with van der Waals surface area (Å²) in [6.07, 6.45) is -2.01. The molecule has 0 aliphatic rings. The van der Waals surface area contributed by atoms with Gasteiger partial charge in [0.05, 0.1) is 5.56 Å². The van der Waals surface area contributed by atoms with Gasteiger partial charge in [-0.15, -0.1) is 11.8 Å². The van der Waals surface area contributed by atoms with Gasteiger partial charge in [0.15, 0.2) is 0 Å². The molecule has 0 aliphatic carbocycles. The van der Waals surface area contributed by atoms with E-state index in [4.69, 9.17) is 5.11 Å². The van der Waals surface area contributed by atoms with Crippen LogP contribution in [-0.2, 0) is 11.0 Å². The van der Waals surface area contributed by atoms with Crippen molar-refractivity contribution in [3.63, 3.8) is 0 Å². The number of alkyl halides is 3. The van der Waals surface area contributed by atoms with Crippen molar-refractivity contribution in [3.8, 4) is 0 Å². The zero-order valence-electron chi connectivity index (χ0n) is 8.57. The van der Waals surface area contributed by atoms with Gasteiger partial charge in [-0.05, 0) is 18.2 Å². The Hall–Kier alpha value is -1.43. The minimum absolute atomic E-state index is 0.313. The Morgan fingerprint density at radius 1 is 1.41 bits per heavy atom. The van der Waals surface area contributed by atoms with Crippen molar-refractivity contribution in [2.24, 2.45) is 0 Å². The van der Waals surface area contributed by atoms with Gasteiger partial charge in [0.2, 0.25) is 0 Å². The molecule has 17 heavy (non-hydrogen) atoms. The lowest BCUT2D eigenvalue weighted by Crippen LogP contribution is -2.04. The Kier molecular flexibility index (Phi) is 4.62. The highest BCUT2D eigenvalue weighted by atomic mass is 32.2. The molecule has 92 valence electrons. The van der Waals surface area contributed by atoms with Gasteiger partial charge < -0.3 is 5.11 Å². The monoisotopic (exact) mass is 262 g/mol. The largest absolute Gasteiger partial charge is 0.478 e. The summed E-state index contributed by atoms with van der Waals surface area (Å²) >= 11 is 1.14. The summed E-state index contributed by atoms with van der Waals surface area (Å²) in [5, 5.41) is 8.32. The number of carboxylic acids is 1. The SMILES string of the molecule is O=C(O)C=CCSc1cccc(C(F)(F)F)c1. The average molecular weight is 262 g/mol. The van der Waals surface area contributed by atoms with E-state index in [0.29, 0.717) is 10.6 Å². The van der Waals surface area contributed by atoms with E-state index in [0.717, 1.165) is 30.0 Å². The lowest BCUT2D eigenvalue weighted by molar-refractivity contribution is -0.137. The molecule has 0 saturated carbocycles. The highest BCUT2D eigenvalue weighted by Gasteiger charge is 2.30. The summed E-state index contributed by atoms with van der Waals surface area (Å²) in [6.45, 7) is 0. The van der Waals surface area contributed by atoms with Gasteiger partial charge in [0, 0.05) is 16.7 Å². The first-order valence-corrected chi connectivity index (χ1v) is 5.57. The topological polar surface area (TPSA) is 37.3 Å². The van der Waals surface area contributed by atoms with Gasteiger partial charge in [-0.25, -0.2) is 4.79 Å². The van der Waals surface area contributed by atoms with E-state index in [1.165, 1.54) is 12.1 Å². The van der Waals surface area contributed by atoms with E-state index in [9.17, 15) is 18.0 Å². The van der Waals surface area contributed by atoms with Crippen LogP contribution in [-0.4, -0.2) is 16.8 Å². The van der Waals surface area contributed by atoms with E-state index in [1.807, 2.05) is 0 Å². The number of halogens is 3. The fourth-order valence-electron chi connectivity index (χ4n) is 1.06. The molecule has 0 aromatic heterocycles. The number of hydrogen-bond donors (Lipinski definition) is 1. The maximum absolute atomic E-state index is 12.4. The predicted molar refractivity (Wildman–Crippen MR) is 58.9 cm³/mol. The van der Waals surface area contributed by atoms with Gasteiger partial charge >= 0.3 is 12.1 Å². The molecule has 0 spiro atoms. The lowest BCUT2D eigenvalue weighted by atomic mass is 10.2. The van der Waals surface area contributed by atoms with E-state index in [1.54, 1.807) is 6.07 Å².